The van der Waals surface area contributed by atoms with Crippen molar-refractivity contribution in [1.29, 1.82) is 0 Å². The smallest absolute Gasteiger partial charge is 0.436 e. The molecule has 2 aliphatic heterocycles. The number of halogens is 2. The van der Waals surface area contributed by atoms with Crippen molar-refractivity contribution in [2.24, 2.45) is 11.3 Å². The Morgan fingerprint density at radius 3 is 1.75 bits per heavy atom. The van der Waals surface area contributed by atoms with E-state index in [1.807, 2.05) is 60.5 Å². The third kappa shape index (κ3) is 4.73. The largest absolute Gasteiger partial charge is 0.464 e. The second-order valence-electron chi connectivity index (χ2n) is 14.2. The van der Waals surface area contributed by atoms with E-state index in [9.17, 15) is 29.7 Å². The van der Waals surface area contributed by atoms with E-state index in [1.54, 1.807) is 25.7 Å². The SMILES string of the molecule is CN(C)C12CC1CN(C1=C(F)C(N(C(=O)O)N(C(=O)O)C(=O)O)N(C(C)(C)C)C(Cl)(C(C)(C)C)N1C(C)(C)C)C2. The molecule has 1 saturated carbocycles. The lowest BCUT2D eigenvalue weighted by Crippen LogP contribution is -2.80. The van der Waals surface area contributed by atoms with Gasteiger partial charge in [0.2, 0.25) is 0 Å². The van der Waals surface area contributed by atoms with Gasteiger partial charge in [-0.05, 0) is 68.0 Å². The zero-order valence-corrected chi connectivity index (χ0v) is 26.0. The van der Waals surface area contributed by atoms with Crippen molar-refractivity contribution in [2.45, 2.75) is 96.6 Å². The Labute approximate surface area is 240 Å². The van der Waals surface area contributed by atoms with Crippen LogP contribution in [0.5, 0.6) is 0 Å². The molecule has 14 heteroatoms. The van der Waals surface area contributed by atoms with Crippen molar-refractivity contribution < 1.29 is 34.1 Å². The molecule has 40 heavy (non-hydrogen) atoms. The number of nitrogens with zero attached hydrogens (tertiary/aromatic N) is 6. The van der Waals surface area contributed by atoms with E-state index >= 15 is 4.39 Å². The quantitative estimate of drug-likeness (QED) is 0.239. The van der Waals surface area contributed by atoms with Crippen LogP contribution < -0.4 is 0 Å². The molecule has 0 aromatic rings. The molecule has 0 radical (unpaired) electrons. The maximum absolute atomic E-state index is 17.4. The van der Waals surface area contributed by atoms with Gasteiger partial charge >= 0.3 is 18.3 Å². The van der Waals surface area contributed by atoms with Crippen molar-refractivity contribution in [2.75, 3.05) is 27.2 Å². The third-order valence-electron chi connectivity index (χ3n) is 8.16. The number of likely N-dealkylation sites (tertiary alicyclic amines) is 1. The van der Waals surface area contributed by atoms with Gasteiger partial charge in [-0.25, -0.2) is 23.7 Å². The fourth-order valence-electron chi connectivity index (χ4n) is 6.40. The average Bonchev–Trinajstić information content (AvgIpc) is 3.31. The Kier molecular flexibility index (Phi) is 7.62. The maximum Gasteiger partial charge on any atom is 0.436 e. The molecule has 2 heterocycles. The van der Waals surface area contributed by atoms with Gasteiger partial charge in [0.1, 0.15) is 5.82 Å². The summed E-state index contributed by atoms with van der Waals surface area (Å²) >= 11 is 7.72. The van der Waals surface area contributed by atoms with Crippen LogP contribution in [0.4, 0.5) is 18.8 Å². The van der Waals surface area contributed by atoms with Crippen LogP contribution in [0.1, 0.15) is 68.7 Å². The summed E-state index contributed by atoms with van der Waals surface area (Å²) in [7, 11) is 3.93. The Morgan fingerprint density at radius 2 is 1.43 bits per heavy atom. The summed E-state index contributed by atoms with van der Waals surface area (Å²) < 4.78 is 17.4. The highest BCUT2D eigenvalue weighted by molar-refractivity contribution is 6.24. The number of hydrogen-bond donors (Lipinski definition) is 3. The van der Waals surface area contributed by atoms with Gasteiger partial charge in [0.15, 0.2) is 17.1 Å². The molecule has 4 unspecified atom stereocenters. The van der Waals surface area contributed by atoms with Gasteiger partial charge in [-0.2, -0.15) is 5.01 Å². The number of alkyl halides is 1. The van der Waals surface area contributed by atoms with Crippen molar-refractivity contribution in [3.63, 3.8) is 0 Å². The van der Waals surface area contributed by atoms with E-state index < -0.39 is 56.9 Å². The summed E-state index contributed by atoms with van der Waals surface area (Å²) in [6, 6.07) is 0. The molecule has 4 atom stereocenters. The first kappa shape index (κ1) is 32.0. The van der Waals surface area contributed by atoms with Crippen molar-refractivity contribution >= 4 is 29.9 Å². The summed E-state index contributed by atoms with van der Waals surface area (Å²) in [6.45, 7) is 17.1. The number of imide groups is 1. The Morgan fingerprint density at radius 1 is 0.925 bits per heavy atom. The lowest BCUT2D eigenvalue weighted by Gasteiger charge is -2.67. The van der Waals surface area contributed by atoms with Crippen LogP contribution >= 0.6 is 11.6 Å². The van der Waals surface area contributed by atoms with E-state index in [0.29, 0.717) is 13.1 Å². The number of amides is 3. The zero-order valence-electron chi connectivity index (χ0n) is 25.3. The predicted molar refractivity (Wildman–Crippen MR) is 147 cm³/mol. The zero-order chi connectivity index (χ0) is 31.1. The Hall–Kier alpha value is -2.51. The molecule has 2 fully saturated rings. The number of carbonyl (C=O) groups is 3. The van der Waals surface area contributed by atoms with E-state index in [2.05, 4.69) is 4.90 Å². The summed E-state index contributed by atoms with van der Waals surface area (Å²) in [5.41, 5.74) is -3.02. The van der Waals surface area contributed by atoms with Crippen LogP contribution in [-0.2, 0) is 0 Å². The van der Waals surface area contributed by atoms with Crippen LogP contribution in [0.15, 0.2) is 11.6 Å². The van der Waals surface area contributed by atoms with Crippen LogP contribution in [0, 0.1) is 11.3 Å². The van der Waals surface area contributed by atoms with E-state index in [4.69, 9.17) is 11.6 Å². The number of piperidine rings is 1. The van der Waals surface area contributed by atoms with Crippen molar-refractivity contribution in [1.82, 2.24) is 29.6 Å². The Bertz CT molecular complexity index is 1100. The molecule has 3 aliphatic rings. The molecule has 0 aromatic heterocycles. The fraction of sp³-hybridized carbons (Fsp3) is 0.808. The minimum atomic E-state index is -2.10. The number of hydrazine groups is 1. The predicted octanol–water partition coefficient (Wildman–Crippen LogP) is 4.79. The van der Waals surface area contributed by atoms with Gasteiger partial charge in [-0.15, -0.1) is 5.01 Å². The van der Waals surface area contributed by atoms with Gasteiger partial charge in [0, 0.05) is 35.1 Å². The number of fused-ring (bicyclic) bond motifs is 1. The molecule has 12 nitrogen and oxygen atoms in total. The van der Waals surface area contributed by atoms with Gasteiger partial charge in [0.05, 0.1) is 0 Å². The van der Waals surface area contributed by atoms with Crippen molar-refractivity contribution in [3.05, 3.63) is 11.6 Å². The van der Waals surface area contributed by atoms with Gasteiger partial charge in [-0.3, -0.25) is 0 Å². The topological polar surface area (TPSA) is 131 Å². The first-order valence-corrected chi connectivity index (χ1v) is 13.6. The number of hydrogen-bond acceptors (Lipinski definition) is 7. The molecule has 1 saturated heterocycles. The van der Waals surface area contributed by atoms with Gasteiger partial charge in [-0.1, -0.05) is 32.4 Å². The van der Waals surface area contributed by atoms with Gasteiger partial charge in [0.25, 0.3) is 0 Å². The van der Waals surface area contributed by atoms with Crippen LogP contribution in [-0.4, -0.2) is 118 Å². The standard InChI is InChI=1S/C26H44ClFN6O6/c1-22(2,3)26(27)33(23(4,5)6)17(30-13-15-12-25(15,14-30)29(10)11)16(28)18(34(26)24(7,8)9)31(19(35)36)32(20(37)38)21(39)40/h15,18H,12-14H2,1-11H3,(H,35,36)(H,37,38)(H,39,40). The monoisotopic (exact) mass is 590 g/mol. The molecule has 1 aliphatic carbocycles. The summed E-state index contributed by atoms with van der Waals surface area (Å²) in [5, 5.41) is 27.8. The first-order chi connectivity index (χ1) is 17.9. The molecule has 228 valence electrons. The minimum absolute atomic E-state index is 0.00659. The molecule has 3 rings (SSSR count). The molecule has 3 N–H and O–H groups in total. The molecule has 3 amide bonds. The summed E-state index contributed by atoms with van der Waals surface area (Å²) in [6.07, 6.45) is -7.26. The average molecular weight is 591 g/mol. The lowest BCUT2D eigenvalue weighted by atomic mass is 9.82. The van der Waals surface area contributed by atoms with Crippen LogP contribution in [0.2, 0.25) is 0 Å². The van der Waals surface area contributed by atoms with Gasteiger partial charge < -0.3 is 30.0 Å². The highest BCUT2D eigenvalue weighted by Crippen LogP contribution is 2.59. The number of rotatable bonds is 3. The highest BCUT2D eigenvalue weighted by Gasteiger charge is 2.68. The van der Waals surface area contributed by atoms with Crippen molar-refractivity contribution in [3.8, 4) is 0 Å². The fourth-order valence-corrected chi connectivity index (χ4v) is 7.08. The first-order valence-electron chi connectivity index (χ1n) is 13.2. The molecule has 0 bridgehead atoms. The normalized spacial score (nSPS) is 29.6. The number of likely N-dealkylation sites (N-methyl/N-ethyl adjacent to an activating group) is 1. The summed E-state index contributed by atoms with van der Waals surface area (Å²) in [5.74, 6) is -0.734. The highest BCUT2D eigenvalue weighted by atomic mass is 35.5. The van der Waals surface area contributed by atoms with E-state index in [0.717, 1.165) is 6.42 Å². The second-order valence-corrected chi connectivity index (χ2v) is 14.7. The summed E-state index contributed by atoms with van der Waals surface area (Å²) in [4.78, 5) is 44.0. The van der Waals surface area contributed by atoms with E-state index in [1.165, 1.54) is 4.90 Å². The second kappa shape index (κ2) is 9.52. The lowest BCUT2D eigenvalue weighted by molar-refractivity contribution is -0.205. The molecular weight excluding hydrogens is 547 g/mol. The maximum atomic E-state index is 17.4. The third-order valence-corrected chi connectivity index (χ3v) is 9.08. The molecular formula is C26H44ClFN6O6. The molecule has 0 aromatic carbocycles. The molecule has 0 spiro atoms. The minimum Gasteiger partial charge on any atom is -0.464 e. The number of carboxylic acid groups (broad SMARTS) is 3. The van der Waals surface area contributed by atoms with E-state index in [-0.39, 0.29) is 22.3 Å². The van der Waals surface area contributed by atoms with Crippen LogP contribution in [0.25, 0.3) is 0 Å². The Balaban J connectivity index is 2.48. The van der Waals surface area contributed by atoms with Crippen LogP contribution in [0.3, 0.4) is 0 Å².